The van der Waals surface area contributed by atoms with Gasteiger partial charge in [-0.3, -0.25) is 4.79 Å². The highest BCUT2D eigenvalue weighted by Crippen LogP contribution is 2.34. The van der Waals surface area contributed by atoms with Gasteiger partial charge in [-0.05, 0) is 37.5 Å². The van der Waals surface area contributed by atoms with Crippen molar-refractivity contribution in [3.05, 3.63) is 65.5 Å². The highest BCUT2D eigenvalue weighted by molar-refractivity contribution is 5.98. The number of nitrogens with zero attached hydrogens (tertiary/aromatic N) is 5. The van der Waals surface area contributed by atoms with Gasteiger partial charge in [0.25, 0.3) is 5.91 Å². The summed E-state index contributed by atoms with van der Waals surface area (Å²) in [6.45, 7) is 3.10. The molecule has 5 rings (SSSR count). The van der Waals surface area contributed by atoms with E-state index in [9.17, 15) is 14.7 Å². The Balaban J connectivity index is 1.39. The summed E-state index contributed by atoms with van der Waals surface area (Å²) in [6.07, 6.45) is 1.98. The van der Waals surface area contributed by atoms with E-state index in [0.717, 1.165) is 29.5 Å². The Morgan fingerprint density at radius 3 is 2.71 bits per heavy atom. The van der Waals surface area contributed by atoms with Gasteiger partial charge in [0, 0.05) is 25.2 Å². The van der Waals surface area contributed by atoms with E-state index in [4.69, 9.17) is 15.6 Å². The molecule has 1 aliphatic heterocycles. The van der Waals surface area contributed by atoms with Crippen molar-refractivity contribution in [3.8, 4) is 17.0 Å². The topological polar surface area (TPSA) is 148 Å². The van der Waals surface area contributed by atoms with Gasteiger partial charge >= 0.3 is 6.09 Å². The number of amides is 2. The van der Waals surface area contributed by atoms with Gasteiger partial charge in [-0.2, -0.15) is 5.10 Å². The van der Waals surface area contributed by atoms with Gasteiger partial charge in [-0.1, -0.05) is 35.9 Å². The number of fused-ring (bicyclic) bond motifs is 1. The zero-order chi connectivity index (χ0) is 26.8. The van der Waals surface area contributed by atoms with E-state index in [2.05, 4.69) is 15.3 Å². The number of aryl methyl sites for hydroxylation is 1. The van der Waals surface area contributed by atoms with Gasteiger partial charge in [-0.15, -0.1) is 0 Å². The maximum Gasteiger partial charge on any atom is 0.407 e. The number of nitrogen functional groups attached to an aromatic ring is 1. The number of carbonyl (C=O) groups excluding carboxylic acids is 1. The summed E-state index contributed by atoms with van der Waals surface area (Å²) < 4.78 is 7.10. The molecule has 2 aromatic carbocycles. The lowest BCUT2D eigenvalue weighted by atomic mass is 10.1. The van der Waals surface area contributed by atoms with Crippen molar-refractivity contribution < 1.29 is 19.4 Å². The maximum absolute atomic E-state index is 12.8. The van der Waals surface area contributed by atoms with Gasteiger partial charge in [0.2, 0.25) is 0 Å². The molecule has 0 unspecified atom stereocenters. The number of likely N-dealkylation sites (tertiary alicyclic amines) is 1. The Morgan fingerprint density at radius 2 is 1.97 bits per heavy atom. The molecule has 3 heterocycles. The molecule has 11 heteroatoms. The molecule has 4 N–H and O–H groups in total. The van der Waals surface area contributed by atoms with Crippen molar-refractivity contribution in [2.24, 2.45) is 0 Å². The molecule has 38 heavy (non-hydrogen) atoms. The molecular formula is C27H29N7O4. The molecular weight excluding hydrogens is 486 g/mol. The molecule has 1 fully saturated rings. The molecule has 196 valence electrons. The summed E-state index contributed by atoms with van der Waals surface area (Å²) in [4.78, 5) is 34.3. The van der Waals surface area contributed by atoms with Crippen LogP contribution in [-0.2, 0) is 6.54 Å². The second kappa shape index (κ2) is 10.4. The Hall–Kier alpha value is -4.67. The van der Waals surface area contributed by atoms with E-state index in [0.29, 0.717) is 53.5 Å². The Morgan fingerprint density at radius 1 is 1.18 bits per heavy atom. The number of ether oxygens (including phenoxy) is 1. The zero-order valence-corrected chi connectivity index (χ0v) is 21.2. The summed E-state index contributed by atoms with van der Waals surface area (Å²) in [6, 6.07) is 13.0. The van der Waals surface area contributed by atoms with Crippen molar-refractivity contribution in [1.29, 1.82) is 0 Å². The predicted octanol–water partition coefficient (Wildman–Crippen LogP) is 3.64. The van der Waals surface area contributed by atoms with Crippen LogP contribution in [0.4, 0.5) is 10.6 Å². The van der Waals surface area contributed by atoms with Crippen molar-refractivity contribution in [1.82, 2.24) is 30.0 Å². The number of benzene rings is 2. The molecule has 11 nitrogen and oxygen atoms in total. The number of carboxylic acid groups (broad SMARTS) is 1. The summed E-state index contributed by atoms with van der Waals surface area (Å²) in [5.41, 5.74) is 10.6. The predicted molar refractivity (Wildman–Crippen MR) is 142 cm³/mol. The van der Waals surface area contributed by atoms with Crippen molar-refractivity contribution in [3.63, 3.8) is 0 Å². The highest BCUT2D eigenvalue weighted by atomic mass is 16.5. The minimum absolute atomic E-state index is 0.154. The first-order valence-corrected chi connectivity index (χ1v) is 12.3. The van der Waals surface area contributed by atoms with Crippen LogP contribution in [0, 0.1) is 6.92 Å². The fourth-order valence-corrected chi connectivity index (χ4v) is 4.84. The maximum atomic E-state index is 12.8. The first-order valence-electron chi connectivity index (χ1n) is 12.3. The van der Waals surface area contributed by atoms with Crippen LogP contribution in [0.1, 0.15) is 40.4 Å². The van der Waals surface area contributed by atoms with Crippen LogP contribution < -0.4 is 15.8 Å². The number of nitrogens with one attached hydrogen (secondary N) is 1. The molecule has 0 aliphatic carbocycles. The van der Waals surface area contributed by atoms with Crippen molar-refractivity contribution in [2.45, 2.75) is 32.4 Å². The van der Waals surface area contributed by atoms with E-state index in [1.54, 1.807) is 23.9 Å². The van der Waals surface area contributed by atoms with Gasteiger partial charge in [0.05, 0.1) is 24.1 Å². The normalized spacial score (nSPS) is 15.4. The average molecular weight is 516 g/mol. The molecule has 1 atom stereocenters. The third-order valence-corrected chi connectivity index (χ3v) is 6.81. The van der Waals surface area contributed by atoms with E-state index in [-0.39, 0.29) is 11.9 Å². The van der Waals surface area contributed by atoms with Crippen LogP contribution in [0.5, 0.6) is 5.75 Å². The summed E-state index contributed by atoms with van der Waals surface area (Å²) >= 11 is 0. The summed E-state index contributed by atoms with van der Waals surface area (Å²) in [5.74, 6) is 0.618. The second-order valence-corrected chi connectivity index (χ2v) is 9.36. The SMILES string of the molecule is COc1ccc(C)cc1C(=O)NCc1ccc(-c2nn([C@@H]3CCCN(C(=O)O)C3)c3ncnc(N)c23)cc1. The first-order chi connectivity index (χ1) is 18.4. The number of aromatic nitrogens is 4. The lowest BCUT2D eigenvalue weighted by Crippen LogP contribution is -2.40. The summed E-state index contributed by atoms with van der Waals surface area (Å²) in [5, 5.41) is 17.9. The molecule has 1 aliphatic rings. The van der Waals surface area contributed by atoms with E-state index >= 15 is 0 Å². The molecule has 0 saturated carbocycles. The number of hydrogen-bond acceptors (Lipinski definition) is 7. The van der Waals surface area contributed by atoms with Crippen LogP contribution in [0.15, 0.2) is 48.8 Å². The number of anilines is 1. The summed E-state index contributed by atoms with van der Waals surface area (Å²) in [7, 11) is 1.54. The lowest BCUT2D eigenvalue weighted by molar-refractivity contribution is 0.0947. The van der Waals surface area contributed by atoms with E-state index in [1.165, 1.54) is 11.2 Å². The van der Waals surface area contributed by atoms with Crippen molar-refractivity contribution >= 4 is 28.9 Å². The van der Waals surface area contributed by atoms with Crippen LogP contribution >= 0.6 is 0 Å². The molecule has 0 bridgehead atoms. The van der Waals surface area contributed by atoms with Crippen LogP contribution in [0.3, 0.4) is 0 Å². The fraction of sp³-hybridized carbons (Fsp3) is 0.296. The van der Waals surface area contributed by atoms with E-state index < -0.39 is 6.09 Å². The monoisotopic (exact) mass is 515 g/mol. The molecule has 1 saturated heterocycles. The highest BCUT2D eigenvalue weighted by Gasteiger charge is 2.28. The quantitative estimate of drug-likeness (QED) is 0.352. The molecule has 4 aromatic rings. The van der Waals surface area contributed by atoms with Crippen molar-refractivity contribution in [2.75, 3.05) is 25.9 Å². The number of rotatable bonds is 6. The molecule has 0 spiro atoms. The minimum atomic E-state index is -0.941. The molecule has 2 aromatic heterocycles. The minimum Gasteiger partial charge on any atom is -0.496 e. The Labute approximate surface area is 219 Å². The van der Waals surface area contributed by atoms with Gasteiger partial charge in [0.1, 0.15) is 23.6 Å². The Kier molecular flexibility index (Phi) is 6.82. The molecule has 0 radical (unpaired) electrons. The van der Waals surface area contributed by atoms with Gasteiger partial charge in [-0.25, -0.2) is 19.4 Å². The number of methoxy groups -OCH3 is 1. The third-order valence-electron chi connectivity index (χ3n) is 6.81. The zero-order valence-electron chi connectivity index (χ0n) is 21.2. The van der Waals surface area contributed by atoms with Crippen LogP contribution in [0.2, 0.25) is 0 Å². The number of hydrogen-bond donors (Lipinski definition) is 3. The standard InChI is InChI=1S/C27H29N7O4/c1-16-5-10-21(38-2)20(12-16)26(35)29-13-17-6-8-18(9-7-17)23-22-24(28)30-15-31-25(22)34(32-23)19-4-3-11-33(14-19)27(36)37/h5-10,12,15,19H,3-4,11,13-14H2,1-2H3,(H,29,35)(H,36,37)(H2,28,30,31)/t19-/m1/s1. The van der Waals surface area contributed by atoms with Gasteiger partial charge < -0.3 is 25.8 Å². The Bertz CT molecular complexity index is 1500. The van der Waals surface area contributed by atoms with Gasteiger partial charge in [0.15, 0.2) is 5.65 Å². The average Bonchev–Trinajstić information content (AvgIpc) is 3.33. The number of nitrogens with two attached hydrogens (primary N) is 1. The van der Waals surface area contributed by atoms with Crippen LogP contribution in [0.25, 0.3) is 22.3 Å². The molecule has 2 amide bonds. The fourth-order valence-electron chi connectivity index (χ4n) is 4.84. The lowest BCUT2D eigenvalue weighted by Gasteiger charge is -2.30. The number of piperidine rings is 1. The van der Waals surface area contributed by atoms with E-state index in [1.807, 2.05) is 37.3 Å². The second-order valence-electron chi connectivity index (χ2n) is 9.36. The third kappa shape index (κ3) is 4.82. The first kappa shape index (κ1) is 25.0. The largest absolute Gasteiger partial charge is 0.496 e. The smallest absolute Gasteiger partial charge is 0.407 e. The number of carbonyl (C=O) groups is 2. The van der Waals surface area contributed by atoms with Crippen LogP contribution in [-0.4, -0.2) is 62.0 Å².